The highest BCUT2D eigenvalue weighted by atomic mass is 16.2. The van der Waals surface area contributed by atoms with Gasteiger partial charge < -0.3 is 0 Å². The standard InChI is InChI=1S/C5H6N2O3/c1-2-3(8)6-5(10)7-4(2)9/h2H,1H3,(H2,6,7,8,9,10). The second kappa shape index (κ2) is 2.09. The average Bonchev–Trinajstić information content (AvgIpc) is 1.82. The van der Waals surface area contributed by atoms with Crippen LogP contribution in [0.25, 0.3) is 0 Å². The van der Waals surface area contributed by atoms with E-state index in [2.05, 4.69) is 0 Å². The van der Waals surface area contributed by atoms with Crippen LogP contribution in [0.3, 0.4) is 0 Å². The van der Waals surface area contributed by atoms with E-state index >= 15 is 0 Å². The first kappa shape index (κ1) is 6.73. The maximum atomic E-state index is 10.6. The third kappa shape index (κ3) is 0.975. The number of carbonyl (C=O) groups is 3. The predicted octanol–water partition coefficient (Wildman–Crippen LogP) is -1.01. The zero-order valence-corrected chi connectivity index (χ0v) is 5.30. The van der Waals surface area contributed by atoms with E-state index in [0.717, 1.165) is 0 Å². The van der Waals surface area contributed by atoms with E-state index in [1.54, 1.807) is 0 Å². The summed E-state index contributed by atoms with van der Waals surface area (Å²) < 4.78 is 0. The number of barbiturate groups is 1. The molecule has 0 aromatic heterocycles. The number of imide groups is 2. The largest absolute Gasteiger partial charge is 0.328 e. The van der Waals surface area contributed by atoms with Gasteiger partial charge in [-0.3, -0.25) is 20.2 Å². The van der Waals surface area contributed by atoms with Gasteiger partial charge in [0.25, 0.3) is 0 Å². The van der Waals surface area contributed by atoms with Gasteiger partial charge in [-0.15, -0.1) is 0 Å². The molecule has 0 radical (unpaired) electrons. The monoisotopic (exact) mass is 142 g/mol. The molecule has 0 bridgehead atoms. The fourth-order valence-corrected chi connectivity index (χ4v) is 0.591. The minimum atomic E-state index is -0.766. The molecule has 0 atom stereocenters. The van der Waals surface area contributed by atoms with Crippen LogP contribution in [-0.4, -0.2) is 17.8 Å². The lowest BCUT2D eigenvalue weighted by Gasteiger charge is -2.16. The molecule has 1 aliphatic heterocycles. The summed E-state index contributed by atoms with van der Waals surface area (Å²) in [5.41, 5.74) is 0. The highest BCUT2D eigenvalue weighted by Gasteiger charge is 2.29. The van der Waals surface area contributed by atoms with E-state index in [0.29, 0.717) is 0 Å². The maximum Gasteiger partial charge on any atom is 0.328 e. The molecule has 4 amide bonds. The van der Waals surface area contributed by atoms with Gasteiger partial charge in [-0.1, -0.05) is 0 Å². The Bertz CT molecular complexity index is 191. The molecule has 0 unspecified atom stereocenters. The second-order valence-corrected chi connectivity index (χ2v) is 2.03. The first-order valence-corrected chi connectivity index (χ1v) is 2.77. The summed E-state index contributed by atoms with van der Waals surface area (Å²) in [6.45, 7) is 1.43. The number of hydrogen-bond donors (Lipinski definition) is 2. The van der Waals surface area contributed by atoms with E-state index in [-0.39, 0.29) is 0 Å². The van der Waals surface area contributed by atoms with Gasteiger partial charge in [0, 0.05) is 0 Å². The number of rotatable bonds is 0. The molecule has 1 fully saturated rings. The van der Waals surface area contributed by atoms with Crippen LogP contribution in [0.4, 0.5) is 4.79 Å². The van der Waals surface area contributed by atoms with Gasteiger partial charge >= 0.3 is 6.03 Å². The molecule has 1 aliphatic rings. The highest BCUT2D eigenvalue weighted by Crippen LogP contribution is 1.98. The number of urea groups is 1. The van der Waals surface area contributed by atoms with Crippen LogP contribution >= 0.6 is 0 Å². The number of nitrogens with one attached hydrogen (secondary N) is 2. The van der Waals surface area contributed by atoms with E-state index < -0.39 is 23.8 Å². The molecule has 10 heavy (non-hydrogen) atoms. The minimum Gasteiger partial charge on any atom is -0.277 e. The Labute approximate surface area is 56.8 Å². The molecule has 5 nitrogen and oxygen atoms in total. The topological polar surface area (TPSA) is 75.3 Å². The minimum absolute atomic E-state index is 0.547. The van der Waals surface area contributed by atoms with Crippen LogP contribution in [0.1, 0.15) is 6.92 Å². The van der Waals surface area contributed by atoms with Crippen LogP contribution in [-0.2, 0) is 9.59 Å². The van der Waals surface area contributed by atoms with Crippen LogP contribution in [0.2, 0.25) is 0 Å². The Balaban J connectivity index is 2.76. The van der Waals surface area contributed by atoms with Gasteiger partial charge in [0.05, 0.1) is 0 Å². The molecule has 1 saturated heterocycles. The molecular weight excluding hydrogens is 136 g/mol. The highest BCUT2D eigenvalue weighted by molar-refractivity contribution is 6.15. The molecule has 5 heteroatoms. The summed E-state index contributed by atoms with van der Waals surface area (Å²) in [5, 5.41) is 3.90. The van der Waals surface area contributed by atoms with Crippen LogP contribution in [0.15, 0.2) is 0 Å². The molecular formula is C5H6N2O3. The first-order valence-electron chi connectivity index (χ1n) is 2.77. The molecule has 0 aromatic rings. The van der Waals surface area contributed by atoms with Gasteiger partial charge in [0.15, 0.2) is 0 Å². The lowest BCUT2D eigenvalue weighted by atomic mass is 10.1. The second-order valence-electron chi connectivity index (χ2n) is 2.03. The zero-order chi connectivity index (χ0) is 7.72. The van der Waals surface area contributed by atoms with Crippen LogP contribution < -0.4 is 10.6 Å². The fraction of sp³-hybridized carbons (Fsp3) is 0.400. The lowest BCUT2D eigenvalue weighted by Crippen LogP contribution is -2.54. The normalized spacial score (nSPS) is 20.3. The zero-order valence-electron chi connectivity index (χ0n) is 5.30. The summed E-state index contributed by atoms with van der Waals surface area (Å²) in [5.74, 6) is -1.86. The van der Waals surface area contributed by atoms with E-state index in [9.17, 15) is 14.4 Å². The quantitative estimate of drug-likeness (QED) is 0.425. The molecule has 0 saturated carbocycles. The Hall–Kier alpha value is -1.39. The Morgan fingerprint density at radius 2 is 1.50 bits per heavy atom. The molecule has 54 valence electrons. The van der Waals surface area contributed by atoms with Gasteiger partial charge in [-0.05, 0) is 6.92 Å². The molecule has 2 N–H and O–H groups in total. The van der Waals surface area contributed by atoms with Crippen molar-refractivity contribution >= 4 is 17.8 Å². The van der Waals surface area contributed by atoms with Crippen molar-refractivity contribution in [3.05, 3.63) is 0 Å². The Morgan fingerprint density at radius 1 is 1.10 bits per heavy atom. The summed E-state index contributed by atoms with van der Waals surface area (Å²) in [4.78, 5) is 31.6. The summed E-state index contributed by atoms with van der Waals surface area (Å²) in [7, 11) is 0. The van der Waals surface area contributed by atoms with Crippen molar-refractivity contribution in [1.82, 2.24) is 10.6 Å². The summed E-state index contributed by atoms with van der Waals surface area (Å²) in [6, 6.07) is -0.742. The first-order chi connectivity index (χ1) is 4.61. The molecule has 0 aromatic carbocycles. The van der Waals surface area contributed by atoms with Gasteiger partial charge in [0.1, 0.15) is 5.92 Å². The SMILES string of the molecule is CC1C(=O)NC(=O)NC1=O. The smallest absolute Gasteiger partial charge is 0.277 e. The number of hydrogen-bond acceptors (Lipinski definition) is 3. The van der Waals surface area contributed by atoms with Gasteiger partial charge in [-0.25, -0.2) is 4.79 Å². The molecule has 1 rings (SSSR count). The summed E-state index contributed by atoms with van der Waals surface area (Å²) in [6.07, 6.45) is 0. The molecule has 1 heterocycles. The van der Waals surface area contributed by atoms with E-state index in [1.807, 2.05) is 10.6 Å². The Kier molecular flexibility index (Phi) is 1.41. The van der Waals surface area contributed by atoms with Crippen LogP contribution in [0.5, 0.6) is 0 Å². The lowest BCUT2D eigenvalue weighted by molar-refractivity contribution is -0.134. The van der Waals surface area contributed by atoms with Crippen molar-refractivity contribution in [2.75, 3.05) is 0 Å². The third-order valence-corrected chi connectivity index (χ3v) is 1.26. The Morgan fingerprint density at radius 3 is 1.90 bits per heavy atom. The molecule has 0 spiro atoms. The van der Waals surface area contributed by atoms with Crippen molar-refractivity contribution in [3.63, 3.8) is 0 Å². The molecule has 0 aliphatic carbocycles. The van der Waals surface area contributed by atoms with Gasteiger partial charge in [0.2, 0.25) is 11.8 Å². The summed E-state index contributed by atoms with van der Waals surface area (Å²) >= 11 is 0. The number of carbonyl (C=O) groups excluding carboxylic acids is 3. The van der Waals surface area contributed by atoms with Crippen molar-refractivity contribution in [2.45, 2.75) is 6.92 Å². The van der Waals surface area contributed by atoms with Crippen molar-refractivity contribution in [2.24, 2.45) is 5.92 Å². The third-order valence-electron chi connectivity index (χ3n) is 1.26. The van der Waals surface area contributed by atoms with E-state index in [4.69, 9.17) is 0 Å². The fourth-order valence-electron chi connectivity index (χ4n) is 0.591. The van der Waals surface area contributed by atoms with E-state index in [1.165, 1.54) is 6.92 Å². The van der Waals surface area contributed by atoms with Gasteiger partial charge in [-0.2, -0.15) is 0 Å². The van der Waals surface area contributed by atoms with Crippen molar-refractivity contribution in [3.8, 4) is 0 Å². The predicted molar refractivity (Wildman–Crippen MR) is 30.8 cm³/mol. The van der Waals surface area contributed by atoms with Crippen molar-refractivity contribution < 1.29 is 14.4 Å². The average molecular weight is 142 g/mol. The van der Waals surface area contributed by atoms with Crippen molar-refractivity contribution in [1.29, 1.82) is 0 Å². The van der Waals surface area contributed by atoms with Crippen LogP contribution in [0, 0.1) is 5.92 Å². The number of amides is 4. The maximum absolute atomic E-state index is 10.6.